The molecule has 0 atom stereocenters. The Balaban J connectivity index is 1.54. The first-order chi connectivity index (χ1) is 12.8. The second kappa shape index (κ2) is 7.70. The minimum Gasteiger partial charge on any atom is -0.352 e. The Bertz CT molecular complexity index is 893. The van der Waals surface area contributed by atoms with Crippen molar-refractivity contribution in [3.8, 4) is 10.6 Å². The summed E-state index contributed by atoms with van der Waals surface area (Å²) in [7, 11) is 0. The third-order valence-electron chi connectivity index (χ3n) is 4.41. The summed E-state index contributed by atoms with van der Waals surface area (Å²) in [5, 5.41) is 9.76. The van der Waals surface area contributed by atoms with Gasteiger partial charge in [0, 0.05) is 24.4 Å². The van der Waals surface area contributed by atoms with Gasteiger partial charge in [-0.05, 0) is 41.8 Å². The highest BCUT2D eigenvalue weighted by atomic mass is 32.1. The molecular weight excluding hydrogens is 342 g/mol. The van der Waals surface area contributed by atoms with Crippen LogP contribution in [-0.2, 0) is 11.3 Å². The van der Waals surface area contributed by atoms with Gasteiger partial charge in [-0.1, -0.05) is 36.4 Å². The number of rotatable bonds is 7. The van der Waals surface area contributed by atoms with Crippen molar-refractivity contribution in [1.82, 2.24) is 15.1 Å². The molecule has 1 amide bonds. The maximum Gasteiger partial charge on any atom is 0.244 e. The minimum absolute atomic E-state index is 0.0372. The van der Waals surface area contributed by atoms with Crippen molar-refractivity contribution in [3.05, 3.63) is 71.2 Å². The topological polar surface area (TPSA) is 46.9 Å². The fourth-order valence-electron chi connectivity index (χ4n) is 2.81. The molecular formula is C21H21N3OS. The fraction of sp³-hybridized carbons (Fsp3) is 0.238. The predicted molar refractivity (Wildman–Crippen MR) is 106 cm³/mol. The number of hydrogen-bond donors (Lipinski definition) is 1. The van der Waals surface area contributed by atoms with Crippen LogP contribution in [0.1, 0.15) is 24.0 Å². The molecule has 0 aliphatic heterocycles. The molecule has 4 rings (SSSR count). The Morgan fingerprint density at radius 1 is 1.23 bits per heavy atom. The molecule has 1 saturated carbocycles. The van der Waals surface area contributed by atoms with Crippen molar-refractivity contribution in [3.63, 3.8) is 0 Å². The van der Waals surface area contributed by atoms with Crippen LogP contribution < -0.4 is 5.32 Å². The summed E-state index contributed by atoms with van der Waals surface area (Å²) in [4.78, 5) is 13.1. The lowest BCUT2D eigenvalue weighted by atomic mass is 10.2. The molecule has 1 fully saturated rings. The highest BCUT2D eigenvalue weighted by Gasteiger charge is 2.21. The monoisotopic (exact) mass is 363 g/mol. The summed E-state index contributed by atoms with van der Waals surface area (Å²) in [6.45, 7) is 1.50. The van der Waals surface area contributed by atoms with E-state index in [0.29, 0.717) is 12.5 Å². The van der Waals surface area contributed by atoms with Gasteiger partial charge in [0.2, 0.25) is 5.91 Å². The minimum atomic E-state index is -0.0372. The Morgan fingerprint density at radius 3 is 2.81 bits per heavy atom. The molecule has 132 valence electrons. The average molecular weight is 363 g/mol. The largest absolute Gasteiger partial charge is 0.352 e. The molecule has 5 heteroatoms. The lowest BCUT2D eigenvalue weighted by molar-refractivity contribution is -0.116. The normalized spacial score (nSPS) is 14.0. The lowest BCUT2D eigenvalue weighted by Crippen LogP contribution is -2.23. The smallest absolute Gasteiger partial charge is 0.244 e. The Hall–Kier alpha value is -2.66. The van der Waals surface area contributed by atoms with E-state index in [1.54, 1.807) is 17.4 Å². The Morgan fingerprint density at radius 2 is 2.08 bits per heavy atom. The molecule has 3 aromatic rings. The van der Waals surface area contributed by atoms with E-state index in [0.717, 1.165) is 22.7 Å². The molecule has 1 N–H and O–H groups in total. The molecule has 0 radical (unpaired) electrons. The highest BCUT2D eigenvalue weighted by molar-refractivity contribution is 7.13. The lowest BCUT2D eigenvalue weighted by Gasteiger charge is -2.00. The van der Waals surface area contributed by atoms with Gasteiger partial charge in [0.05, 0.1) is 11.4 Å². The van der Waals surface area contributed by atoms with Crippen molar-refractivity contribution in [2.24, 2.45) is 5.92 Å². The van der Waals surface area contributed by atoms with Crippen LogP contribution in [0.2, 0.25) is 0 Å². The molecule has 0 saturated heterocycles. The van der Waals surface area contributed by atoms with E-state index in [-0.39, 0.29) is 5.91 Å². The van der Waals surface area contributed by atoms with Crippen LogP contribution in [0, 0.1) is 5.92 Å². The van der Waals surface area contributed by atoms with E-state index in [1.165, 1.54) is 18.4 Å². The number of hydrogen-bond acceptors (Lipinski definition) is 3. The zero-order valence-corrected chi connectivity index (χ0v) is 15.3. The predicted octanol–water partition coefficient (Wildman–Crippen LogP) is 4.20. The van der Waals surface area contributed by atoms with E-state index in [2.05, 4.69) is 23.5 Å². The molecule has 4 nitrogen and oxygen atoms in total. The number of benzene rings is 1. The number of nitrogens with one attached hydrogen (secondary N) is 1. The maximum absolute atomic E-state index is 12.0. The zero-order valence-electron chi connectivity index (χ0n) is 14.5. The number of aromatic nitrogens is 2. The molecule has 1 aliphatic carbocycles. The van der Waals surface area contributed by atoms with E-state index >= 15 is 0 Å². The highest BCUT2D eigenvalue weighted by Crippen LogP contribution is 2.28. The van der Waals surface area contributed by atoms with Crippen LogP contribution in [0.15, 0.2) is 60.1 Å². The van der Waals surface area contributed by atoms with Crippen molar-refractivity contribution >= 4 is 23.3 Å². The number of carbonyl (C=O) groups excluding carboxylic acids is 1. The fourth-order valence-corrected chi connectivity index (χ4v) is 3.54. The van der Waals surface area contributed by atoms with Gasteiger partial charge in [-0.25, -0.2) is 0 Å². The van der Waals surface area contributed by atoms with E-state index in [1.807, 2.05) is 46.6 Å². The first-order valence-corrected chi connectivity index (χ1v) is 9.77. The molecule has 0 unspecified atom stereocenters. The van der Waals surface area contributed by atoms with Crippen LogP contribution in [-0.4, -0.2) is 22.2 Å². The van der Waals surface area contributed by atoms with Crippen LogP contribution in [0.5, 0.6) is 0 Å². The summed E-state index contributed by atoms with van der Waals surface area (Å²) < 4.78 is 1.94. The molecule has 2 aromatic heterocycles. The van der Waals surface area contributed by atoms with Crippen LogP contribution >= 0.6 is 11.3 Å². The third kappa shape index (κ3) is 4.29. The van der Waals surface area contributed by atoms with Gasteiger partial charge >= 0.3 is 0 Å². The van der Waals surface area contributed by atoms with Gasteiger partial charge in [0.15, 0.2) is 0 Å². The number of thiophene rings is 1. The van der Waals surface area contributed by atoms with Crippen LogP contribution in [0.4, 0.5) is 0 Å². The van der Waals surface area contributed by atoms with Crippen LogP contribution in [0.3, 0.4) is 0 Å². The van der Waals surface area contributed by atoms with Crippen molar-refractivity contribution in [2.75, 3.05) is 6.54 Å². The van der Waals surface area contributed by atoms with Gasteiger partial charge in [0.25, 0.3) is 0 Å². The second-order valence-electron chi connectivity index (χ2n) is 6.62. The summed E-state index contributed by atoms with van der Waals surface area (Å²) >= 11 is 1.66. The first-order valence-electron chi connectivity index (χ1n) is 8.89. The van der Waals surface area contributed by atoms with E-state index < -0.39 is 0 Å². The zero-order chi connectivity index (χ0) is 17.8. The van der Waals surface area contributed by atoms with E-state index in [4.69, 9.17) is 5.10 Å². The molecule has 1 aromatic carbocycles. The van der Waals surface area contributed by atoms with Gasteiger partial charge in [0.1, 0.15) is 5.69 Å². The Labute approximate surface area is 157 Å². The van der Waals surface area contributed by atoms with Crippen LogP contribution in [0.25, 0.3) is 16.6 Å². The third-order valence-corrected chi connectivity index (χ3v) is 5.28. The molecule has 2 heterocycles. The SMILES string of the molecule is O=C(/C=C/c1cn(Cc2ccccc2)nc1-c1cccs1)NCC1CC1. The summed E-state index contributed by atoms with van der Waals surface area (Å²) in [6, 6.07) is 14.3. The van der Waals surface area contributed by atoms with Gasteiger partial charge in [-0.3, -0.25) is 9.48 Å². The van der Waals surface area contributed by atoms with Crippen molar-refractivity contribution in [2.45, 2.75) is 19.4 Å². The second-order valence-corrected chi connectivity index (χ2v) is 7.56. The summed E-state index contributed by atoms with van der Waals surface area (Å²) in [5.74, 6) is 0.646. The standard InChI is InChI=1S/C21H21N3OS/c25-20(22-13-16-8-9-16)11-10-18-15-24(14-17-5-2-1-3-6-17)23-21(18)19-7-4-12-26-19/h1-7,10-12,15-16H,8-9,13-14H2,(H,22,25)/b11-10+. The van der Waals surface area contributed by atoms with Gasteiger partial charge in [-0.2, -0.15) is 5.10 Å². The molecule has 0 spiro atoms. The quantitative estimate of drug-likeness (QED) is 0.640. The number of carbonyl (C=O) groups is 1. The molecule has 0 bridgehead atoms. The number of nitrogens with zero attached hydrogens (tertiary/aromatic N) is 2. The average Bonchev–Trinajstić information content (AvgIpc) is 3.16. The summed E-state index contributed by atoms with van der Waals surface area (Å²) in [6.07, 6.45) is 7.96. The van der Waals surface area contributed by atoms with E-state index in [9.17, 15) is 4.79 Å². The van der Waals surface area contributed by atoms with Gasteiger partial charge in [-0.15, -0.1) is 11.3 Å². The molecule has 1 aliphatic rings. The number of amides is 1. The van der Waals surface area contributed by atoms with Crippen molar-refractivity contribution in [1.29, 1.82) is 0 Å². The van der Waals surface area contributed by atoms with Crippen molar-refractivity contribution < 1.29 is 4.79 Å². The first kappa shape index (κ1) is 16.8. The van der Waals surface area contributed by atoms with Gasteiger partial charge < -0.3 is 5.32 Å². The molecule has 26 heavy (non-hydrogen) atoms. The maximum atomic E-state index is 12.0. The summed E-state index contributed by atoms with van der Waals surface area (Å²) in [5.41, 5.74) is 3.08. The Kier molecular flexibility index (Phi) is 4.97.